The lowest BCUT2D eigenvalue weighted by Gasteiger charge is -2.39. The quantitative estimate of drug-likeness (QED) is 0.0784. The molecule has 336 valence electrons. The van der Waals surface area contributed by atoms with Crippen LogP contribution in [0, 0.1) is 11.3 Å². The molecular weight excluding hydrogens is 807 g/mol. The number of thioether (sulfide) groups is 1. The smallest absolute Gasteiger partial charge is 0.305 e. The van der Waals surface area contributed by atoms with Gasteiger partial charge in [0, 0.05) is 67.4 Å². The number of carbonyl (C=O) groups excluding carboxylic acids is 6. The first-order valence-corrected chi connectivity index (χ1v) is 21.3. The highest BCUT2D eigenvalue weighted by molar-refractivity contribution is 8.00. The van der Waals surface area contributed by atoms with Gasteiger partial charge in [-0.3, -0.25) is 43.3 Å². The highest BCUT2D eigenvalue weighted by Gasteiger charge is 2.43. The van der Waals surface area contributed by atoms with E-state index in [1.54, 1.807) is 20.2 Å². The predicted molar refractivity (Wildman–Crippen MR) is 232 cm³/mol. The van der Waals surface area contributed by atoms with Gasteiger partial charge in [-0.15, -0.1) is 11.8 Å². The van der Waals surface area contributed by atoms with Gasteiger partial charge < -0.3 is 40.9 Å². The van der Waals surface area contributed by atoms with Crippen LogP contribution in [0.25, 0.3) is 10.9 Å². The van der Waals surface area contributed by atoms with E-state index in [-0.39, 0.29) is 49.1 Å². The maximum absolute atomic E-state index is 14.4. The summed E-state index contributed by atoms with van der Waals surface area (Å²) in [6.07, 6.45) is 2.54. The van der Waals surface area contributed by atoms with Gasteiger partial charge in [0.25, 0.3) is 0 Å². The van der Waals surface area contributed by atoms with Gasteiger partial charge in [0.15, 0.2) is 0 Å². The van der Waals surface area contributed by atoms with E-state index in [1.807, 2.05) is 90.5 Å². The number of hydrogen-bond donors (Lipinski definition) is 6. The van der Waals surface area contributed by atoms with Crippen LogP contribution in [0.1, 0.15) is 80.2 Å². The van der Waals surface area contributed by atoms with Crippen LogP contribution in [-0.2, 0) is 50.8 Å². The number of benzene rings is 1. The van der Waals surface area contributed by atoms with Crippen molar-refractivity contribution in [2.75, 3.05) is 32.9 Å². The van der Waals surface area contributed by atoms with Crippen LogP contribution in [0.3, 0.4) is 0 Å². The maximum atomic E-state index is 14.4. The molecule has 3 rings (SSSR count). The Bertz CT molecular complexity index is 2020. The lowest BCUT2D eigenvalue weighted by atomic mass is 9.76. The highest BCUT2D eigenvalue weighted by Crippen LogP contribution is 2.35. The number of likely N-dealkylation sites (tertiary alicyclic amines) is 1. The van der Waals surface area contributed by atoms with Crippen molar-refractivity contribution in [3.05, 3.63) is 47.7 Å². The molecule has 61 heavy (non-hydrogen) atoms. The molecule has 1 saturated heterocycles. The first kappa shape index (κ1) is 50.1. The summed E-state index contributed by atoms with van der Waals surface area (Å²) in [4.78, 5) is 105. The van der Waals surface area contributed by atoms with Crippen molar-refractivity contribution in [1.29, 1.82) is 0 Å². The lowest BCUT2D eigenvalue weighted by Crippen LogP contribution is -2.61. The number of nitrogens with one attached hydrogen (secondary N) is 4. The Kier molecular flexibility index (Phi) is 17.3. The Morgan fingerprint density at radius 1 is 0.967 bits per heavy atom. The summed E-state index contributed by atoms with van der Waals surface area (Å²) in [5.74, 6) is -5.83. The Hall–Kier alpha value is -5.23. The first-order valence-electron chi connectivity index (χ1n) is 20.3. The number of carboxylic acids is 2. The molecule has 2 aromatic rings. The molecule has 6 amide bonds. The van der Waals surface area contributed by atoms with Crippen molar-refractivity contribution in [2.24, 2.45) is 18.4 Å². The SMILES string of the molecule is CN[C@H](C(=O)N[C@H](C(=O)N(C)[C@H](/C=C(\C)C(=O)N[C@@H](CC(=O)O)C(=O)NCCN1C(=O)CC(SCCC(=O)O)C1=O)C(C)C)C(C)(C)C)C(C)(C)c1cn(C)c2ccccc12. The number of aliphatic carboxylic acids is 2. The molecule has 0 bridgehead atoms. The van der Waals surface area contributed by atoms with Gasteiger partial charge in [-0.1, -0.05) is 72.7 Å². The molecule has 5 atom stereocenters. The number of likely N-dealkylation sites (N-methyl/N-ethyl adjacent to an activating group) is 2. The highest BCUT2D eigenvalue weighted by atomic mass is 32.2. The number of rotatable bonds is 21. The molecule has 2 heterocycles. The third-order valence-electron chi connectivity index (χ3n) is 11.0. The number of fused-ring (bicyclic) bond motifs is 1. The van der Waals surface area contributed by atoms with E-state index >= 15 is 0 Å². The zero-order chi connectivity index (χ0) is 46.1. The second-order valence-electron chi connectivity index (χ2n) is 17.5. The summed E-state index contributed by atoms with van der Waals surface area (Å²) < 4.78 is 2.02. The van der Waals surface area contributed by atoms with Crippen molar-refractivity contribution in [3.8, 4) is 0 Å². The van der Waals surface area contributed by atoms with Crippen LogP contribution in [0.2, 0.25) is 0 Å². The van der Waals surface area contributed by atoms with Crippen LogP contribution < -0.4 is 21.3 Å². The second kappa shape index (κ2) is 21.0. The minimum absolute atomic E-state index is 0.102. The van der Waals surface area contributed by atoms with Gasteiger partial charge in [-0.05, 0) is 36.9 Å². The van der Waals surface area contributed by atoms with Crippen LogP contribution in [0.15, 0.2) is 42.1 Å². The molecule has 0 aliphatic carbocycles. The molecule has 0 spiro atoms. The van der Waals surface area contributed by atoms with E-state index in [9.17, 15) is 43.5 Å². The van der Waals surface area contributed by atoms with Crippen LogP contribution in [-0.4, -0.2) is 134 Å². The number of aryl methyl sites for hydroxylation is 1. The molecule has 1 aromatic carbocycles. The Morgan fingerprint density at radius 2 is 1.61 bits per heavy atom. The number of nitrogens with zero attached hydrogens (tertiary/aromatic N) is 3. The van der Waals surface area contributed by atoms with E-state index in [1.165, 1.54) is 11.8 Å². The summed E-state index contributed by atoms with van der Waals surface area (Å²) >= 11 is 1.07. The maximum Gasteiger partial charge on any atom is 0.305 e. The molecule has 18 heteroatoms. The van der Waals surface area contributed by atoms with Crippen molar-refractivity contribution in [2.45, 2.75) is 109 Å². The third kappa shape index (κ3) is 12.7. The molecule has 1 fully saturated rings. The van der Waals surface area contributed by atoms with E-state index < -0.39 is 88.1 Å². The zero-order valence-corrected chi connectivity index (χ0v) is 37.9. The number of carbonyl (C=O) groups is 8. The summed E-state index contributed by atoms with van der Waals surface area (Å²) in [6, 6.07) is 4.05. The fourth-order valence-corrected chi connectivity index (χ4v) is 8.62. The van der Waals surface area contributed by atoms with E-state index in [0.29, 0.717) is 0 Å². The molecule has 1 unspecified atom stereocenters. The number of para-hydroxylation sites is 1. The molecule has 17 nitrogen and oxygen atoms in total. The average Bonchev–Trinajstić information content (AvgIpc) is 3.65. The van der Waals surface area contributed by atoms with Crippen molar-refractivity contribution in [3.63, 3.8) is 0 Å². The van der Waals surface area contributed by atoms with Gasteiger partial charge in [-0.2, -0.15) is 0 Å². The number of carboxylic acid groups (broad SMARTS) is 2. The van der Waals surface area contributed by atoms with E-state index in [2.05, 4.69) is 21.3 Å². The molecule has 0 saturated carbocycles. The summed E-state index contributed by atoms with van der Waals surface area (Å²) in [5, 5.41) is 29.9. The van der Waals surface area contributed by atoms with Gasteiger partial charge in [-0.25, -0.2) is 0 Å². The number of hydrogen-bond acceptors (Lipinski definition) is 10. The molecule has 1 aliphatic heterocycles. The molecule has 1 aliphatic rings. The molecule has 0 radical (unpaired) electrons. The number of amides is 6. The Balaban J connectivity index is 1.74. The van der Waals surface area contributed by atoms with Gasteiger partial charge in [0.2, 0.25) is 35.4 Å². The van der Waals surface area contributed by atoms with Crippen molar-refractivity contribution < 1.29 is 48.6 Å². The van der Waals surface area contributed by atoms with Crippen LogP contribution in [0.4, 0.5) is 0 Å². The second-order valence-corrected chi connectivity index (χ2v) is 18.8. The van der Waals surface area contributed by atoms with Gasteiger partial charge in [0.05, 0.1) is 30.2 Å². The predicted octanol–water partition coefficient (Wildman–Crippen LogP) is 2.42. The van der Waals surface area contributed by atoms with Crippen molar-refractivity contribution in [1.82, 2.24) is 35.6 Å². The van der Waals surface area contributed by atoms with E-state index in [4.69, 9.17) is 5.11 Å². The fraction of sp³-hybridized carbons (Fsp3) is 0.581. The largest absolute Gasteiger partial charge is 0.481 e. The average molecular weight is 870 g/mol. The summed E-state index contributed by atoms with van der Waals surface area (Å²) in [5.41, 5.74) is 0.643. The van der Waals surface area contributed by atoms with E-state index in [0.717, 1.165) is 33.1 Å². The summed E-state index contributed by atoms with van der Waals surface area (Å²) in [7, 11) is 5.25. The Morgan fingerprint density at radius 3 is 2.18 bits per heavy atom. The van der Waals surface area contributed by atoms with Crippen LogP contribution in [0.5, 0.6) is 0 Å². The molecular formula is C43H63N7O10S. The molecule has 1 aromatic heterocycles. The number of aromatic nitrogens is 1. The third-order valence-corrected chi connectivity index (χ3v) is 12.2. The minimum atomic E-state index is -1.52. The molecule has 6 N–H and O–H groups in total. The lowest BCUT2D eigenvalue weighted by molar-refractivity contribution is -0.141. The zero-order valence-electron chi connectivity index (χ0n) is 37.1. The summed E-state index contributed by atoms with van der Waals surface area (Å²) in [6.45, 7) is 14.3. The number of imide groups is 1. The first-order chi connectivity index (χ1) is 28.3. The topological polar surface area (TPSA) is 237 Å². The fourth-order valence-electron chi connectivity index (χ4n) is 7.51. The van der Waals surface area contributed by atoms with Gasteiger partial charge >= 0.3 is 11.9 Å². The van der Waals surface area contributed by atoms with Gasteiger partial charge in [0.1, 0.15) is 12.1 Å². The van der Waals surface area contributed by atoms with Crippen molar-refractivity contribution >= 4 is 70.0 Å². The Labute approximate surface area is 361 Å². The normalized spacial score (nSPS) is 16.9. The minimum Gasteiger partial charge on any atom is -0.481 e. The van der Waals surface area contributed by atoms with Crippen LogP contribution >= 0.6 is 11.8 Å². The standard InChI is InChI=1S/C43H63N7O10S/c1-24(2)30(20-25(3)37(56)46-28(21-34(54)55)38(57)45-17-18-50-32(51)22-31(40(50)59)61-19-16-33(52)53)49(11)41(60)36(42(4,5)6)47-39(58)35(44-9)43(7,8)27-23-48(10)29-15-13-12-14-26(27)29/h12-15,20,23-24,28,30-31,35-36,44H,16-19,21-22H2,1-11H3,(H,45,57)(H,46,56)(H,47,58)(H,52,53)(H,54,55)/b25-20+/t28-,30+,31?,35+,36+/m0/s1. The monoisotopic (exact) mass is 869 g/mol.